The molecule has 0 rings (SSSR count). The van der Waals surface area contributed by atoms with Crippen LogP contribution in [0.15, 0.2) is 0 Å². The van der Waals surface area contributed by atoms with E-state index in [1.165, 1.54) is 0 Å². The van der Waals surface area contributed by atoms with Crippen molar-refractivity contribution in [1.29, 1.82) is 0 Å². The molecule has 0 aromatic rings. The minimum absolute atomic E-state index is 0.00230. The molecule has 0 bridgehead atoms. The van der Waals surface area contributed by atoms with E-state index in [4.69, 9.17) is 14.2 Å². The number of ether oxygens (including phenoxy) is 3. The first-order valence-corrected chi connectivity index (χ1v) is 9.69. The molecule has 1 amide bonds. The molecular formula is C18H40N4O4. The Hall–Kier alpha value is -0.770. The second-order valence-electron chi connectivity index (χ2n) is 6.58. The maximum Gasteiger partial charge on any atom is 0.234 e. The van der Waals surface area contributed by atoms with E-state index < -0.39 is 0 Å². The van der Waals surface area contributed by atoms with Gasteiger partial charge in [0.25, 0.3) is 0 Å². The summed E-state index contributed by atoms with van der Waals surface area (Å²) in [6.45, 7) is 15.2. The molecule has 0 aliphatic heterocycles. The van der Waals surface area contributed by atoms with Crippen LogP contribution in [0.25, 0.3) is 0 Å². The SMILES string of the molecule is CC(C)NCCNC(=O)CNCCOCCOCCOCCNC(C)C. The third-order valence-electron chi connectivity index (χ3n) is 3.25. The first-order chi connectivity index (χ1) is 12.5. The fourth-order valence-corrected chi connectivity index (χ4v) is 1.93. The Balaban J connectivity index is 3.14. The van der Waals surface area contributed by atoms with Gasteiger partial charge in [-0.3, -0.25) is 4.79 Å². The second-order valence-corrected chi connectivity index (χ2v) is 6.58. The topological polar surface area (TPSA) is 92.9 Å². The van der Waals surface area contributed by atoms with Crippen LogP contribution in [0.1, 0.15) is 27.7 Å². The van der Waals surface area contributed by atoms with Crippen LogP contribution in [0, 0.1) is 0 Å². The molecular weight excluding hydrogens is 336 g/mol. The molecule has 0 radical (unpaired) electrons. The zero-order chi connectivity index (χ0) is 19.5. The molecule has 8 nitrogen and oxygen atoms in total. The van der Waals surface area contributed by atoms with Gasteiger partial charge in [0.05, 0.1) is 46.2 Å². The number of nitrogens with one attached hydrogen (secondary N) is 4. The predicted molar refractivity (Wildman–Crippen MR) is 105 cm³/mol. The van der Waals surface area contributed by atoms with Gasteiger partial charge < -0.3 is 35.5 Å². The molecule has 0 aliphatic carbocycles. The maximum atomic E-state index is 11.5. The van der Waals surface area contributed by atoms with Crippen molar-refractivity contribution in [3.8, 4) is 0 Å². The number of carbonyl (C=O) groups excluding carboxylic acids is 1. The highest BCUT2D eigenvalue weighted by atomic mass is 16.5. The fraction of sp³-hybridized carbons (Fsp3) is 0.944. The van der Waals surface area contributed by atoms with Crippen molar-refractivity contribution >= 4 is 5.91 Å². The van der Waals surface area contributed by atoms with Crippen molar-refractivity contribution in [3.63, 3.8) is 0 Å². The molecule has 0 fully saturated rings. The normalized spacial score (nSPS) is 11.5. The summed E-state index contributed by atoms with van der Waals surface area (Å²) in [7, 11) is 0. The smallest absolute Gasteiger partial charge is 0.234 e. The summed E-state index contributed by atoms with van der Waals surface area (Å²) in [6, 6.07) is 0.925. The lowest BCUT2D eigenvalue weighted by atomic mass is 10.4. The first-order valence-electron chi connectivity index (χ1n) is 9.69. The van der Waals surface area contributed by atoms with Crippen molar-refractivity contribution in [1.82, 2.24) is 21.3 Å². The van der Waals surface area contributed by atoms with E-state index >= 15 is 0 Å². The predicted octanol–water partition coefficient (Wildman–Crippen LogP) is -0.262. The quantitative estimate of drug-likeness (QED) is 0.231. The van der Waals surface area contributed by atoms with E-state index in [2.05, 4.69) is 49.0 Å². The van der Waals surface area contributed by atoms with Gasteiger partial charge in [-0.2, -0.15) is 0 Å². The highest BCUT2D eigenvalue weighted by molar-refractivity contribution is 5.77. The van der Waals surface area contributed by atoms with Crippen molar-refractivity contribution in [2.24, 2.45) is 0 Å². The van der Waals surface area contributed by atoms with Crippen LogP contribution in [0.2, 0.25) is 0 Å². The monoisotopic (exact) mass is 376 g/mol. The molecule has 0 heterocycles. The molecule has 0 spiro atoms. The van der Waals surface area contributed by atoms with Gasteiger partial charge in [-0.25, -0.2) is 0 Å². The molecule has 0 saturated heterocycles. The van der Waals surface area contributed by atoms with Gasteiger partial charge >= 0.3 is 0 Å². The summed E-state index contributed by atoms with van der Waals surface area (Å²) in [5.74, 6) is 0.00230. The number of carbonyl (C=O) groups is 1. The zero-order valence-electron chi connectivity index (χ0n) is 17.1. The number of amides is 1. The van der Waals surface area contributed by atoms with Crippen LogP contribution in [0.4, 0.5) is 0 Å². The summed E-state index contributed by atoms with van der Waals surface area (Å²) in [5, 5.41) is 12.4. The molecule has 0 aromatic carbocycles. The highest BCUT2D eigenvalue weighted by Crippen LogP contribution is 1.82. The lowest BCUT2D eigenvalue weighted by Crippen LogP contribution is -2.39. The Labute approximate surface area is 159 Å². The standard InChI is InChI=1S/C18H40N4O4/c1-16(2)20-5-6-22-18(23)15-19-7-9-24-11-13-26-14-12-25-10-8-21-17(3)4/h16-17,19-21H,5-15H2,1-4H3,(H,22,23). The average Bonchev–Trinajstić information content (AvgIpc) is 2.58. The third-order valence-corrected chi connectivity index (χ3v) is 3.25. The Morgan fingerprint density at radius 3 is 1.77 bits per heavy atom. The number of hydrogen-bond donors (Lipinski definition) is 4. The van der Waals surface area contributed by atoms with E-state index in [0.29, 0.717) is 71.4 Å². The minimum Gasteiger partial charge on any atom is -0.378 e. The number of rotatable bonds is 19. The average molecular weight is 377 g/mol. The molecule has 0 aliphatic rings. The fourth-order valence-electron chi connectivity index (χ4n) is 1.93. The van der Waals surface area contributed by atoms with Gasteiger partial charge in [-0.15, -0.1) is 0 Å². The van der Waals surface area contributed by atoms with Crippen molar-refractivity contribution in [3.05, 3.63) is 0 Å². The van der Waals surface area contributed by atoms with Gasteiger partial charge in [0, 0.05) is 38.3 Å². The maximum absolute atomic E-state index is 11.5. The van der Waals surface area contributed by atoms with Crippen molar-refractivity contribution in [2.75, 3.05) is 72.4 Å². The number of hydrogen-bond acceptors (Lipinski definition) is 7. The van der Waals surface area contributed by atoms with Crippen LogP contribution >= 0.6 is 0 Å². The molecule has 0 atom stereocenters. The summed E-state index contributed by atoms with van der Waals surface area (Å²) >= 11 is 0. The molecule has 156 valence electrons. The Morgan fingerprint density at radius 2 is 1.19 bits per heavy atom. The highest BCUT2D eigenvalue weighted by Gasteiger charge is 2.00. The molecule has 4 N–H and O–H groups in total. The summed E-state index contributed by atoms with van der Waals surface area (Å²) in [4.78, 5) is 11.5. The Bertz CT molecular complexity index is 318. The molecule has 0 unspecified atom stereocenters. The van der Waals surface area contributed by atoms with Gasteiger partial charge in [0.2, 0.25) is 5.91 Å². The molecule has 0 saturated carbocycles. The van der Waals surface area contributed by atoms with Crippen LogP contribution in [-0.2, 0) is 19.0 Å². The van der Waals surface area contributed by atoms with Crippen LogP contribution in [0.5, 0.6) is 0 Å². The third kappa shape index (κ3) is 21.3. The first kappa shape index (κ1) is 25.2. The van der Waals surface area contributed by atoms with E-state index in [1.54, 1.807) is 0 Å². The summed E-state index contributed by atoms with van der Waals surface area (Å²) in [5.41, 5.74) is 0. The van der Waals surface area contributed by atoms with Gasteiger partial charge in [-0.1, -0.05) is 27.7 Å². The van der Waals surface area contributed by atoms with Gasteiger partial charge in [0.15, 0.2) is 0 Å². The zero-order valence-corrected chi connectivity index (χ0v) is 17.1. The summed E-state index contributed by atoms with van der Waals surface area (Å²) < 4.78 is 16.3. The van der Waals surface area contributed by atoms with Crippen LogP contribution in [0.3, 0.4) is 0 Å². The summed E-state index contributed by atoms with van der Waals surface area (Å²) in [6.07, 6.45) is 0. The molecule has 26 heavy (non-hydrogen) atoms. The Morgan fingerprint density at radius 1 is 0.692 bits per heavy atom. The van der Waals surface area contributed by atoms with Gasteiger partial charge in [0.1, 0.15) is 0 Å². The lowest BCUT2D eigenvalue weighted by molar-refractivity contribution is -0.120. The molecule has 0 aromatic heterocycles. The van der Waals surface area contributed by atoms with Crippen LogP contribution in [-0.4, -0.2) is 90.4 Å². The van der Waals surface area contributed by atoms with E-state index in [1.807, 2.05) is 0 Å². The van der Waals surface area contributed by atoms with E-state index in [-0.39, 0.29) is 5.91 Å². The largest absolute Gasteiger partial charge is 0.378 e. The van der Waals surface area contributed by atoms with E-state index in [0.717, 1.165) is 13.1 Å². The van der Waals surface area contributed by atoms with Crippen molar-refractivity contribution in [2.45, 2.75) is 39.8 Å². The van der Waals surface area contributed by atoms with Crippen LogP contribution < -0.4 is 21.3 Å². The van der Waals surface area contributed by atoms with Crippen molar-refractivity contribution < 1.29 is 19.0 Å². The lowest BCUT2D eigenvalue weighted by Gasteiger charge is -2.10. The van der Waals surface area contributed by atoms with Gasteiger partial charge in [-0.05, 0) is 0 Å². The molecule has 8 heteroatoms. The minimum atomic E-state index is 0.00230. The Kier molecular flexibility index (Phi) is 18.4. The van der Waals surface area contributed by atoms with E-state index in [9.17, 15) is 4.79 Å². The second kappa shape index (κ2) is 19.0.